The number of benzene rings is 2. The summed E-state index contributed by atoms with van der Waals surface area (Å²) in [4.78, 5) is 14.2. The van der Waals surface area contributed by atoms with Gasteiger partial charge in [0, 0.05) is 43.0 Å². The van der Waals surface area contributed by atoms with Crippen molar-refractivity contribution >= 4 is 11.7 Å². The number of nitrogens with one attached hydrogen (secondary N) is 3. The molecule has 0 aromatic heterocycles. The summed E-state index contributed by atoms with van der Waals surface area (Å²) in [5.41, 5.74) is 4.25. The van der Waals surface area contributed by atoms with E-state index in [1.54, 1.807) is 17.0 Å². The monoisotopic (exact) mass is 382 g/mol. The molecule has 0 saturated carbocycles. The zero-order valence-electron chi connectivity index (χ0n) is 16.6. The van der Waals surface area contributed by atoms with E-state index in [-0.39, 0.29) is 17.9 Å². The van der Waals surface area contributed by atoms with Crippen LogP contribution in [0.3, 0.4) is 0 Å². The molecule has 2 bridgehead atoms. The number of fused-ring (bicyclic) bond motifs is 2. The molecule has 2 fully saturated rings. The molecular formula is C23H29FN3O+. The van der Waals surface area contributed by atoms with Crippen LogP contribution in [-0.2, 0) is 6.54 Å². The minimum absolute atomic E-state index is 0.108. The van der Waals surface area contributed by atoms with Crippen LogP contribution < -0.4 is 15.5 Å². The summed E-state index contributed by atoms with van der Waals surface area (Å²) in [6, 6.07) is 14.1. The SMILES string of the molecule is Cc1cccc(C)c1NC(=O)NC1C[C@H]2CC[C@H](C1)[NH+]2Cc1ccc(F)cc1. The fourth-order valence-corrected chi connectivity index (χ4v) is 5.02. The number of para-hydroxylation sites is 1. The lowest BCUT2D eigenvalue weighted by Gasteiger charge is -2.36. The molecule has 3 N–H and O–H groups in total. The Morgan fingerprint density at radius 2 is 1.64 bits per heavy atom. The topological polar surface area (TPSA) is 45.6 Å². The first-order chi connectivity index (χ1) is 13.5. The molecule has 148 valence electrons. The summed E-state index contributed by atoms with van der Waals surface area (Å²) >= 11 is 0. The van der Waals surface area contributed by atoms with E-state index in [1.807, 2.05) is 44.2 Å². The Balaban J connectivity index is 1.35. The van der Waals surface area contributed by atoms with Gasteiger partial charge in [-0.05, 0) is 37.1 Å². The zero-order valence-corrected chi connectivity index (χ0v) is 16.6. The van der Waals surface area contributed by atoms with Crippen molar-refractivity contribution in [3.05, 3.63) is 65.0 Å². The van der Waals surface area contributed by atoms with Gasteiger partial charge in [0.05, 0.1) is 12.1 Å². The molecular weight excluding hydrogens is 353 g/mol. The predicted octanol–water partition coefficient (Wildman–Crippen LogP) is 3.34. The third-order valence-electron chi connectivity index (χ3n) is 6.43. The molecule has 5 heteroatoms. The van der Waals surface area contributed by atoms with Gasteiger partial charge in [0.2, 0.25) is 0 Å². The maximum absolute atomic E-state index is 13.2. The average molecular weight is 383 g/mol. The van der Waals surface area contributed by atoms with Crippen molar-refractivity contribution in [3.8, 4) is 0 Å². The molecule has 0 unspecified atom stereocenters. The van der Waals surface area contributed by atoms with E-state index in [2.05, 4.69) is 10.6 Å². The van der Waals surface area contributed by atoms with Crippen molar-refractivity contribution in [1.82, 2.24) is 5.32 Å². The highest BCUT2D eigenvalue weighted by Gasteiger charge is 2.44. The van der Waals surface area contributed by atoms with Gasteiger partial charge in [-0.1, -0.05) is 30.3 Å². The normalized spacial score (nSPS) is 26.1. The van der Waals surface area contributed by atoms with Crippen LogP contribution in [0, 0.1) is 19.7 Å². The van der Waals surface area contributed by atoms with Crippen LogP contribution in [-0.4, -0.2) is 24.2 Å². The van der Waals surface area contributed by atoms with Crippen molar-refractivity contribution < 1.29 is 14.1 Å². The number of urea groups is 1. The fourth-order valence-electron chi connectivity index (χ4n) is 5.02. The maximum atomic E-state index is 13.2. The number of aryl methyl sites for hydroxylation is 2. The Bertz CT molecular complexity index is 817. The smallest absolute Gasteiger partial charge is 0.319 e. The van der Waals surface area contributed by atoms with Crippen molar-refractivity contribution in [2.24, 2.45) is 0 Å². The van der Waals surface area contributed by atoms with Crippen LogP contribution in [0.2, 0.25) is 0 Å². The lowest BCUT2D eigenvalue weighted by Crippen LogP contribution is -3.17. The number of rotatable bonds is 4. The third kappa shape index (κ3) is 4.04. The fraction of sp³-hybridized carbons (Fsp3) is 0.435. The highest BCUT2D eigenvalue weighted by Crippen LogP contribution is 2.24. The minimum Gasteiger partial charge on any atom is -0.335 e. The van der Waals surface area contributed by atoms with Crippen molar-refractivity contribution in [2.45, 2.75) is 64.2 Å². The molecule has 2 saturated heterocycles. The second-order valence-corrected chi connectivity index (χ2v) is 8.38. The van der Waals surface area contributed by atoms with E-state index < -0.39 is 0 Å². The Hall–Kier alpha value is -2.40. The van der Waals surface area contributed by atoms with E-state index in [4.69, 9.17) is 0 Å². The van der Waals surface area contributed by atoms with Gasteiger partial charge in [-0.2, -0.15) is 0 Å². The van der Waals surface area contributed by atoms with Crippen LogP contribution in [0.5, 0.6) is 0 Å². The summed E-state index contributed by atoms with van der Waals surface area (Å²) in [5.74, 6) is -0.181. The lowest BCUT2D eigenvalue weighted by atomic mass is 9.96. The summed E-state index contributed by atoms with van der Waals surface area (Å²) in [7, 11) is 0. The van der Waals surface area contributed by atoms with Crippen LogP contribution >= 0.6 is 0 Å². The number of halogens is 1. The van der Waals surface area contributed by atoms with E-state index in [0.717, 1.165) is 36.2 Å². The molecule has 0 radical (unpaired) electrons. The lowest BCUT2D eigenvalue weighted by molar-refractivity contribution is -0.954. The predicted molar refractivity (Wildman–Crippen MR) is 109 cm³/mol. The third-order valence-corrected chi connectivity index (χ3v) is 6.43. The number of amides is 2. The van der Waals surface area contributed by atoms with E-state index in [1.165, 1.54) is 18.4 Å². The first-order valence-electron chi connectivity index (χ1n) is 10.2. The van der Waals surface area contributed by atoms with Crippen LogP contribution in [0.4, 0.5) is 14.9 Å². The van der Waals surface area contributed by atoms with Crippen LogP contribution in [0.1, 0.15) is 42.4 Å². The molecule has 2 atom stereocenters. The number of hydrogen-bond acceptors (Lipinski definition) is 1. The van der Waals surface area contributed by atoms with Gasteiger partial charge in [-0.25, -0.2) is 9.18 Å². The number of piperidine rings is 1. The largest absolute Gasteiger partial charge is 0.335 e. The molecule has 2 heterocycles. The molecule has 2 aromatic carbocycles. The van der Waals surface area contributed by atoms with Crippen molar-refractivity contribution in [3.63, 3.8) is 0 Å². The molecule has 0 spiro atoms. The number of carbonyl (C=O) groups is 1. The Kier molecular flexibility index (Phi) is 5.36. The summed E-state index contributed by atoms with van der Waals surface area (Å²) in [6.07, 6.45) is 4.43. The first kappa shape index (κ1) is 18.9. The van der Waals surface area contributed by atoms with E-state index >= 15 is 0 Å². The summed E-state index contributed by atoms with van der Waals surface area (Å²) in [5, 5.41) is 6.24. The van der Waals surface area contributed by atoms with Crippen LogP contribution in [0.15, 0.2) is 42.5 Å². The van der Waals surface area contributed by atoms with Crippen LogP contribution in [0.25, 0.3) is 0 Å². The summed E-state index contributed by atoms with van der Waals surface area (Å²) in [6.45, 7) is 4.97. The Labute approximate surface area is 166 Å². The summed E-state index contributed by atoms with van der Waals surface area (Å²) < 4.78 is 13.2. The van der Waals surface area contributed by atoms with Gasteiger partial charge in [-0.15, -0.1) is 0 Å². The zero-order chi connectivity index (χ0) is 19.7. The average Bonchev–Trinajstić information content (AvgIpc) is 2.89. The Morgan fingerprint density at radius 3 is 2.25 bits per heavy atom. The van der Waals surface area contributed by atoms with Crippen molar-refractivity contribution in [1.29, 1.82) is 0 Å². The highest BCUT2D eigenvalue weighted by atomic mass is 19.1. The molecule has 2 aromatic rings. The standard InChI is InChI=1S/C23H28FN3O/c1-15-4-3-5-16(2)22(15)26-23(28)25-19-12-20-10-11-21(13-19)27(20)14-17-6-8-18(24)9-7-17/h3-9,19-21H,10-14H2,1-2H3,(H2,25,26,28)/p+1/t20-,21-/m1/s1. The molecule has 4 rings (SSSR count). The first-order valence-corrected chi connectivity index (χ1v) is 10.2. The number of anilines is 1. The van der Waals surface area contributed by atoms with E-state index in [9.17, 15) is 9.18 Å². The number of quaternary nitrogens is 1. The highest BCUT2D eigenvalue weighted by molar-refractivity contribution is 5.91. The molecule has 2 amide bonds. The molecule has 0 aliphatic carbocycles. The molecule has 4 nitrogen and oxygen atoms in total. The second kappa shape index (κ2) is 7.92. The maximum Gasteiger partial charge on any atom is 0.319 e. The molecule has 2 aliphatic rings. The molecule has 2 aliphatic heterocycles. The Morgan fingerprint density at radius 1 is 1.04 bits per heavy atom. The number of hydrogen-bond donors (Lipinski definition) is 3. The van der Waals surface area contributed by atoms with Gasteiger partial charge in [-0.3, -0.25) is 0 Å². The second-order valence-electron chi connectivity index (χ2n) is 8.38. The number of carbonyl (C=O) groups excluding carboxylic acids is 1. The van der Waals surface area contributed by atoms with Gasteiger partial charge in [0.25, 0.3) is 0 Å². The van der Waals surface area contributed by atoms with Gasteiger partial charge in [0.15, 0.2) is 0 Å². The van der Waals surface area contributed by atoms with Gasteiger partial charge < -0.3 is 15.5 Å². The van der Waals surface area contributed by atoms with Crippen molar-refractivity contribution in [2.75, 3.05) is 5.32 Å². The van der Waals surface area contributed by atoms with Gasteiger partial charge >= 0.3 is 6.03 Å². The minimum atomic E-state index is -0.181. The van der Waals surface area contributed by atoms with E-state index in [0.29, 0.717) is 12.1 Å². The van der Waals surface area contributed by atoms with Gasteiger partial charge in [0.1, 0.15) is 12.4 Å². The quantitative estimate of drug-likeness (QED) is 0.746. The molecule has 28 heavy (non-hydrogen) atoms.